The van der Waals surface area contributed by atoms with Crippen LogP contribution < -0.4 is 10.2 Å². The molecule has 1 atom stereocenters. The molecule has 1 saturated heterocycles. The summed E-state index contributed by atoms with van der Waals surface area (Å²) in [5.74, 6) is 0.351. The van der Waals surface area contributed by atoms with Crippen LogP contribution >= 0.6 is 12.2 Å². The number of benzene rings is 1. The number of nitrogens with zero attached hydrogens (tertiary/aromatic N) is 1. The van der Waals surface area contributed by atoms with Crippen molar-refractivity contribution in [3.05, 3.63) is 29.3 Å². The summed E-state index contributed by atoms with van der Waals surface area (Å²) in [6.45, 7) is 2.72. The van der Waals surface area contributed by atoms with Gasteiger partial charge in [-0.3, -0.25) is 4.90 Å². The minimum absolute atomic E-state index is 0.161. The Labute approximate surface area is 147 Å². The molecule has 1 amide bonds. The number of sulfone groups is 1. The van der Waals surface area contributed by atoms with E-state index in [1.807, 2.05) is 18.2 Å². The van der Waals surface area contributed by atoms with Crippen molar-refractivity contribution in [2.45, 2.75) is 25.9 Å². The average molecular weight is 368 g/mol. The van der Waals surface area contributed by atoms with E-state index in [0.717, 1.165) is 16.8 Å². The summed E-state index contributed by atoms with van der Waals surface area (Å²) in [4.78, 5) is 14.4. The number of cyclic esters (lactones) is 1. The third kappa shape index (κ3) is 3.87. The molecule has 1 aromatic rings. The van der Waals surface area contributed by atoms with Crippen LogP contribution in [0.15, 0.2) is 18.2 Å². The molecule has 0 aromatic heterocycles. The lowest BCUT2D eigenvalue weighted by Gasteiger charge is -2.16. The van der Waals surface area contributed by atoms with E-state index in [1.165, 1.54) is 0 Å². The maximum atomic E-state index is 12.1. The zero-order valence-electron chi connectivity index (χ0n) is 13.4. The molecule has 2 aliphatic rings. The molecule has 1 fully saturated rings. The van der Waals surface area contributed by atoms with Crippen molar-refractivity contribution in [1.82, 2.24) is 5.32 Å². The Hall–Kier alpha value is -1.67. The van der Waals surface area contributed by atoms with Crippen molar-refractivity contribution in [2.75, 3.05) is 29.5 Å². The van der Waals surface area contributed by atoms with Crippen LogP contribution in [0.3, 0.4) is 0 Å². The van der Waals surface area contributed by atoms with Gasteiger partial charge >= 0.3 is 6.09 Å². The first-order valence-corrected chi connectivity index (χ1v) is 10.1. The molecule has 8 heteroatoms. The highest BCUT2D eigenvalue weighted by molar-refractivity contribution is 7.91. The second kappa shape index (κ2) is 6.68. The van der Waals surface area contributed by atoms with Crippen LogP contribution in [0.5, 0.6) is 0 Å². The minimum Gasteiger partial charge on any atom is -0.442 e. The predicted octanol–water partition coefficient (Wildman–Crippen LogP) is 1.46. The number of fused-ring (bicyclic) bond motifs is 1. The largest absolute Gasteiger partial charge is 0.442 e. The van der Waals surface area contributed by atoms with Gasteiger partial charge in [0, 0.05) is 5.69 Å². The highest BCUT2D eigenvalue weighted by Gasteiger charge is 2.32. The van der Waals surface area contributed by atoms with Crippen molar-refractivity contribution in [3.8, 4) is 0 Å². The number of aryl methyl sites for hydroxylation is 2. The maximum absolute atomic E-state index is 12.1. The van der Waals surface area contributed by atoms with Gasteiger partial charge in [-0.15, -0.1) is 0 Å². The van der Waals surface area contributed by atoms with Crippen molar-refractivity contribution >= 4 is 38.8 Å². The Morgan fingerprint density at radius 1 is 1.33 bits per heavy atom. The summed E-state index contributed by atoms with van der Waals surface area (Å²) in [6, 6.07) is 5.70. The van der Waals surface area contributed by atoms with Crippen LogP contribution in [0.4, 0.5) is 10.5 Å². The standard InChI is InChI=1S/C16H20N2O4S2/c1-11(23)17-9-15-10-18(16(19)22-15)14-3-2-12-4-6-24(20,21)7-5-13(12)8-14/h2-3,8,15H,4-7,9-10H2,1H3,(H,17,23). The monoisotopic (exact) mass is 368 g/mol. The molecule has 2 aliphatic heterocycles. The van der Waals surface area contributed by atoms with Crippen LogP contribution in [0.2, 0.25) is 0 Å². The van der Waals surface area contributed by atoms with Gasteiger partial charge in [-0.1, -0.05) is 18.3 Å². The SMILES string of the molecule is CC(=S)NCC1CN(c2ccc3c(c2)CCS(=O)(=O)CC3)C(=O)O1. The maximum Gasteiger partial charge on any atom is 0.414 e. The number of hydrogen-bond acceptors (Lipinski definition) is 5. The second-order valence-corrected chi connectivity index (χ2v) is 9.07. The fourth-order valence-corrected chi connectivity index (χ4v) is 4.34. The van der Waals surface area contributed by atoms with Crippen LogP contribution in [-0.4, -0.2) is 50.2 Å². The Morgan fingerprint density at radius 2 is 2.04 bits per heavy atom. The zero-order chi connectivity index (χ0) is 17.3. The molecular formula is C16H20N2O4S2. The third-order valence-electron chi connectivity index (χ3n) is 4.32. The lowest BCUT2D eigenvalue weighted by molar-refractivity contribution is 0.143. The molecule has 1 N–H and O–H groups in total. The zero-order valence-corrected chi connectivity index (χ0v) is 15.1. The van der Waals surface area contributed by atoms with Crippen LogP contribution in [0.1, 0.15) is 18.1 Å². The van der Waals surface area contributed by atoms with Crippen LogP contribution in [0.25, 0.3) is 0 Å². The summed E-state index contributed by atoms with van der Waals surface area (Å²) in [5.41, 5.74) is 2.79. The Bertz CT molecular complexity index is 776. The van der Waals surface area contributed by atoms with E-state index < -0.39 is 9.84 Å². The first-order valence-electron chi connectivity index (χ1n) is 7.89. The smallest absolute Gasteiger partial charge is 0.414 e. The third-order valence-corrected chi connectivity index (χ3v) is 6.12. The molecule has 2 heterocycles. The highest BCUT2D eigenvalue weighted by Crippen LogP contribution is 2.26. The van der Waals surface area contributed by atoms with Crippen LogP contribution in [0, 0.1) is 0 Å². The molecule has 1 aromatic carbocycles. The Balaban J connectivity index is 1.75. The molecule has 3 rings (SSSR count). The summed E-state index contributed by atoms with van der Waals surface area (Å²) < 4.78 is 28.9. The topological polar surface area (TPSA) is 75.7 Å². The Kier molecular flexibility index (Phi) is 4.78. The van der Waals surface area contributed by atoms with E-state index in [4.69, 9.17) is 17.0 Å². The fraction of sp³-hybridized carbons (Fsp3) is 0.500. The molecule has 0 spiro atoms. The van der Waals surface area contributed by atoms with E-state index >= 15 is 0 Å². The van der Waals surface area contributed by atoms with Crippen molar-refractivity contribution in [2.24, 2.45) is 0 Å². The molecule has 0 bridgehead atoms. The van der Waals surface area contributed by atoms with E-state index in [2.05, 4.69) is 5.32 Å². The number of thiocarbonyl (C=S) groups is 1. The van der Waals surface area contributed by atoms with Gasteiger partial charge in [0.25, 0.3) is 0 Å². The lowest BCUT2D eigenvalue weighted by Crippen LogP contribution is -2.32. The van der Waals surface area contributed by atoms with Gasteiger partial charge in [0.15, 0.2) is 9.84 Å². The average Bonchev–Trinajstić information content (AvgIpc) is 2.82. The molecule has 6 nitrogen and oxygen atoms in total. The van der Waals surface area contributed by atoms with Crippen molar-refractivity contribution in [3.63, 3.8) is 0 Å². The molecule has 24 heavy (non-hydrogen) atoms. The predicted molar refractivity (Wildman–Crippen MR) is 96.4 cm³/mol. The number of hydrogen-bond donors (Lipinski definition) is 1. The molecule has 0 saturated carbocycles. The number of amides is 1. The number of ether oxygens (including phenoxy) is 1. The fourth-order valence-electron chi connectivity index (χ4n) is 2.99. The second-order valence-electron chi connectivity index (χ2n) is 6.16. The molecule has 130 valence electrons. The number of nitrogens with one attached hydrogen (secondary N) is 1. The first-order chi connectivity index (χ1) is 11.3. The van der Waals surface area contributed by atoms with E-state index in [1.54, 1.807) is 11.8 Å². The highest BCUT2D eigenvalue weighted by atomic mass is 32.2. The normalized spacial score (nSPS) is 22.5. The summed E-state index contributed by atoms with van der Waals surface area (Å²) >= 11 is 4.97. The Morgan fingerprint density at radius 3 is 2.75 bits per heavy atom. The van der Waals surface area contributed by atoms with Gasteiger partial charge in [0.05, 0.1) is 29.6 Å². The summed E-state index contributed by atoms with van der Waals surface area (Å²) in [7, 11) is -2.98. The number of anilines is 1. The van der Waals surface area contributed by atoms with Gasteiger partial charge in [-0.05, 0) is 43.0 Å². The summed E-state index contributed by atoms with van der Waals surface area (Å²) in [5, 5.41) is 3.01. The van der Waals surface area contributed by atoms with Crippen molar-refractivity contribution < 1.29 is 17.9 Å². The lowest BCUT2D eigenvalue weighted by atomic mass is 10.0. The van der Waals surface area contributed by atoms with Gasteiger partial charge in [-0.25, -0.2) is 13.2 Å². The van der Waals surface area contributed by atoms with Crippen LogP contribution in [-0.2, 0) is 27.4 Å². The quantitative estimate of drug-likeness (QED) is 0.814. The summed E-state index contributed by atoms with van der Waals surface area (Å²) in [6.07, 6.45) is 0.381. The van der Waals surface area contributed by atoms with Gasteiger partial charge < -0.3 is 10.1 Å². The van der Waals surface area contributed by atoms with E-state index in [0.29, 0.717) is 30.9 Å². The molecular weight excluding hydrogens is 348 g/mol. The van der Waals surface area contributed by atoms with E-state index in [-0.39, 0.29) is 23.7 Å². The molecule has 0 radical (unpaired) electrons. The van der Waals surface area contributed by atoms with Gasteiger partial charge in [0.1, 0.15) is 6.10 Å². The van der Waals surface area contributed by atoms with E-state index in [9.17, 15) is 13.2 Å². The number of rotatable bonds is 3. The molecule has 1 unspecified atom stereocenters. The minimum atomic E-state index is -2.98. The molecule has 0 aliphatic carbocycles. The first kappa shape index (κ1) is 17.2. The number of carbonyl (C=O) groups excluding carboxylic acids is 1. The van der Waals surface area contributed by atoms with Gasteiger partial charge in [0.2, 0.25) is 0 Å². The van der Waals surface area contributed by atoms with Gasteiger partial charge in [-0.2, -0.15) is 0 Å². The van der Waals surface area contributed by atoms with Crippen molar-refractivity contribution in [1.29, 1.82) is 0 Å². The number of carbonyl (C=O) groups is 1.